The standard InChI is InChI=1S/C25H27Cl2NO3S/c1-2-3-4-5-6-7-8-21(24(29)30)32-25-28-22(17-9-13-19(26)14-10-17)23(31-25)18-11-15-20(27)16-12-18/h9-16,21H,2-8H2,1H3,(H,29,30). The maximum absolute atomic E-state index is 11.9. The lowest BCUT2D eigenvalue weighted by molar-refractivity contribution is -0.136. The Morgan fingerprint density at radius 3 is 2.09 bits per heavy atom. The third-order valence-corrected chi connectivity index (χ3v) is 6.77. The number of carbonyl (C=O) groups is 1. The van der Waals surface area contributed by atoms with Gasteiger partial charge in [-0.3, -0.25) is 4.79 Å². The van der Waals surface area contributed by atoms with Gasteiger partial charge in [0.2, 0.25) is 0 Å². The van der Waals surface area contributed by atoms with Crippen LogP contribution in [0.3, 0.4) is 0 Å². The van der Waals surface area contributed by atoms with Gasteiger partial charge in [-0.15, -0.1) is 0 Å². The summed E-state index contributed by atoms with van der Waals surface area (Å²) in [5, 5.41) is 10.7. The molecule has 32 heavy (non-hydrogen) atoms. The fourth-order valence-corrected chi connectivity index (χ4v) is 4.57. The molecule has 0 amide bonds. The lowest BCUT2D eigenvalue weighted by Crippen LogP contribution is -2.16. The number of nitrogens with zero attached hydrogens (tertiary/aromatic N) is 1. The molecular weight excluding hydrogens is 465 g/mol. The number of halogens is 2. The SMILES string of the molecule is CCCCCCCCC(Sc1nc(-c2ccc(Cl)cc2)c(-c2ccc(Cl)cc2)o1)C(=O)O. The second-order valence-electron chi connectivity index (χ2n) is 7.67. The average Bonchev–Trinajstić information content (AvgIpc) is 3.20. The van der Waals surface area contributed by atoms with Crippen molar-refractivity contribution in [3.63, 3.8) is 0 Å². The zero-order chi connectivity index (χ0) is 22.9. The number of oxazole rings is 1. The summed E-state index contributed by atoms with van der Waals surface area (Å²) in [5.74, 6) is -0.266. The number of carboxylic acids is 1. The molecule has 1 N–H and O–H groups in total. The van der Waals surface area contributed by atoms with Gasteiger partial charge in [-0.25, -0.2) is 4.98 Å². The molecule has 3 rings (SSSR count). The summed E-state index contributed by atoms with van der Waals surface area (Å²) in [6.45, 7) is 2.18. The highest BCUT2D eigenvalue weighted by molar-refractivity contribution is 8.00. The van der Waals surface area contributed by atoms with Crippen LogP contribution in [0.2, 0.25) is 10.0 Å². The summed E-state index contributed by atoms with van der Waals surface area (Å²) in [4.78, 5) is 16.5. The zero-order valence-electron chi connectivity index (χ0n) is 18.0. The van der Waals surface area contributed by atoms with E-state index in [1.165, 1.54) is 31.0 Å². The predicted octanol–water partition coefficient (Wildman–Crippen LogP) is 8.61. The molecule has 1 atom stereocenters. The summed E-state index contributed by atoms with van der Waals surface area (Å²) < 4.78 is 6.08. The van der Waals surface area contributed by atoms with E-state index in [0.717, 1.165) is 30.4 Å². The van der Waals surface area contributed by atoms with Crippen LogP contribution in [0, 0.1) is 0 Å². The molecule has 0 spiro atoms. The molecule has 0 aliphatic rings. The van der Waals surface area contributed by atoms with Gasteiger partial charge in [0.1, 0.15) is 10.9 Å². The van der Waals surface area contributed by atoms with Crippen LogP contribution in [0.1, 0.15) is 51.9 Å². The van der Waals surface area contributed by atoms with Crippen molar-refractivity contribution >= 4 is 40.9 Å². The van der Waals surface area contributed by atoms with E-state index in [1.807, 2.05) is 24.3 Å². The fourth-order valence-electron chi connectivity index (χ4n) is 3.42. The molecule has 170 valence electrons. The van der Waals surface area contributed by atoms with E-state index in [0.29, 0.717) is 33.1 Å². The third kappa shape index (κ3) is 7.03. The van der Waals surface area contributed by atoms with Crippen LogP contribution >= 0.6 is 35.0 Å². The minimum Gasteiger partial charge on any atom is -0.480 e. The summed E-state index contributed by atoms with van der Waals surface area (Å²) in [7, 11) is 0. The van der Waals surface area contributed by atoms with Crippen LogP contribution in [0.25, 0.3) is 22.6 Å². The van der Waals surface area contributed by atoms with E-state index in [-0.39, 0.29) is 0 Å². The van der Waals surface area contributed by atoms with Crippen molar-refractivity contribution in [3.05, 3.63) is 58.6 Å². The molecule has 0 bridgehead atoms. The second-order valence-corrected chi connectivity index (χ2v) is 9.70. The quantitative estimate of drug-likeness (QED) is 0.203. The number of aromatic nitrogens is 1. The first-order valence-electron chi connectivity index (χ1n) is 10.9. The van der Waals surface area contributed by atoms with Gasteiger partial charge in [0.25, 0.3) is 5.22 Å². The maximum Gasteiger partial charge on any atom is 0.317 e. The monoisotopic (exact) mass is 491 g/mol. The molecule has 0 radical (unpaired) electrons. The first-order valence-corrected chi connectivity index (χ1v) is 12.5. The summed E-state index contributed by atoms with van der Waals surface area (Å²) in [6, 6.07) is 14.6. The minimum absolute atomic E-state index is 0.346. The van der Waals surface area contributed by atoms with Gasteiger partial charge in [0.15, 0.2) is 5.76 Å². The number of hydrogen-bond donors (Lipinski definition) is 1. The van der Waals surface area contributed by atoms with Gasteiger partial charge in [-0.1, -0.05) is 92.5 Å². The molecular formula is C25H27Cl2NO3S. The summed E-state index contributed by atoms with van der Waals surface area (Å²) >= 11 is 13.2. The van der Waals surface area contributed by atoms with Crippen molar-refractivity contribution in [2.75, 3.05) is 0 Å². The normalized spacial score (nSPS) is 12.1. The highest BCUT2D eigenvalue weighted by Crippen LogP contribution is 2.38. The Morgan fingerprint density at radius 1 is 0.938 bits per heavy atom. The summed E-state index contributed by atoms with van der Waals surface area (Å²) in [6.07, 6.45) is 7.28. The molecule has 1 unspecified atom stereocenters. The van der Waals surface area contributed by atoms with Crippen molar-refractivity contribution in [1.29, 1.82) is 0 Å². The zero-order valence-corrected chi connectivity index (χ0v) is 20.3. The van der Waals surface area contributed by atoms with E-state index in [2.05, 4.69) is 11.9 Å². The Morgan fingerprint density at radius 2 is 1.50 bits per heavy atom. The molecule has 4 nitrogen and oxygen atoms in total. The molecule has 0 saturated heterocycles. The van der Waals surface area contributed by atoms with Crippen LogP contribution in [0.5, 0.6) is 0 Å². The molecule has 0 aliphatic carbocycles. The Balaban J connectivity index is 1.81. The third-order valence-electron chi connectivity index (χ3n) is 5.17. The topological polar surface area (TPSA) is 63.3 Å². The van der Waals surface area contributed by atoms with Crippen LogP contribution < -0.4 is 0 Å². The number of unbranched alkanes of at least 4 members (excludes halogenated alkanes) is 5. The number of thioether (sulfide) groups is 1. The Bertz CT molecular complexity index is 940. The molecule has 7 heteroatoms. The molecule has 0 fully saturated rings. The van der Waals surface area contributed by atoms with E-state index in [4.69, 9.17) is 27.6 Å². The number of benzene rings is 2. The number of hydrogen-bond acceptors (Lipinski definition) is 4. The Kier molecular flexibility index (Phi) is 9.51. The van der Waals surface area contributed by atoms with E-state index >= 15 is 0 Å². The number of aliphatic carboxylic acids is 1. The van der Waals surface area contributed by atoms with E-state index < -0.39 is 11.2 Å². The molecule has 0 saturated carbocycles. The smallest absolute Gasteiger partial charge is 0.317 e. The van der Waals surface area contributed by atoms with Crippen molar-refractivity contribution in [2.24, 2.45) is 0 Å². The van der Waals surface area contributed by atoms with E-state index in [1.54, 1.807) is 24.3 Å². The minimum atomic E-state index is -0.845. The van der Waals surface area contributed by atoms with Crippen LogP contribution in [0.15, 0.2) is 58.2 Å². The molecule has 1 heterocycles. The average molecular weight is 492 g/mol. The summed E-state index contributed by atoms with van der Waals surface area (Å²) in [5.41, 5.74) is 2.31. The Hall–Kier alpha value is -1.95. The van der Waals surface area contributed by atoms with Gasteiger partial charge in [-0.2, -0.15) is 0 Å². The van der Waals surface area contributed by atoms with Gasteiger partial charge in [0, 0.05) is 21.2 Å². The van der Waals surface area contributed by atoms with Gasteiger partial charge < -0.3 is 9.52 Å². The van der Waals surface area contributed by atoms with Crippen molar-refractivity contribution in [2.45, 2.75) is 62.3 Å². The second kappa shape index (κ2) is 12.3. The number of rotatable bonds is 12. The molecule has 2 aromatic carbocycles. The van der Waals surface area contributed by atoms with Crippen molar-refractivity contribution in [1.82, 2.24) is 4.98 Å². The molecule has 0 aliphatic heterocycles. The van der Waals surface area contributed by atoms with Gasteiger partial charge in [-0.05, 0) is 42.8 Å². The lowest BCUT2D eigenvalue weighted by Gasteiger charge is -2.09. The largest absolute Gasteiger partial charge is 0.480 e. The van der Waals surface area contributed by atoms with Crippen LogP contribution in [-0.2, 0) is 4.79 Å². The van der Waals surface area contributed by atoms with Gasteiger partial charge in [0.05, 0.1) is 0 Å². The number of carboxylic acid groups (broad SMARTS) is 1. The molecule has 1 aromatic heterocycles. The Labute approximate surface area is 203 Å². The first-order chi connectivity index (χ1) is 15.5. The van der Waals surface area contributed by atoms with Crippen molar-refractivity contribution in [3.8, 4) is 22.6 Å². The van der Waals surface area contributed by atoms with E-state index in [9.17, 15) is 9.90 Å². The molecule has 3 aromatic rings. The van der Waals surface area contributed by atoms with Crippen LogP contribution in [0.4, 0.5) is 0 Å². The first kappa shape index (κ1) is 24.7. The van der Waals surface area contributed by atoms with Gasteiger partial charge >= 0.3 is 5.97 Å². The maximum atomic E-state index is 11.9. The van der Waals surface area contributed by atoms with Crippen molar-refractivity contribution < 1.29 is 14.3 Å². The fraction of sp³-hybridized carbons (Fsp3) is 0.360. The lowest BCUT2D eigenvalue weighted by atomic mass is 10.1. The predicted molar refractivity (Wildman–Crippen MR) is 133 cm³/mol. The highest BCUT2D eigenvalue weighted by Gasteiger charge is 2.24. The highest BCUT2D eigenvalue weighted by atomic mass is 35.5. The van der Waals surface area contributed by atoms with Crippen LogP contribution in [-0.4, -0.2) is 21.3 Å².